The predicted molar refractivity (Wildman–Crippen MR) is 140 cm³/mol. The van der Waals surface area contributed by atoms with Crippen LogP contribution in [-0.2, 0) is 16.1 Å². The van der Waals surface area contributed by atoms with Gasteiger partial charge in [0, 0.05) is 21.3 Å². The van der Waals surface area contributed by atoms with E-state index in [9.17, 15) is 14.9 Å². The van der Waals surface area contributed by atoms with Crippen molar-refractivity contribution in [2.45, 2.75) is 13.5 Å². The molecule has 0 fully saturated rings. The normalized spacial score (nSPS) is 10.9. The third-order valence-corrected chi connectivity index (χ3v) is 5.89. The molecule has 1 amide bonds. The average molecular weight is 574 g/mol. The van der Waals surface area contributed by atoms with Crippen LogP contribution in [0.15, 0.2) is 70.7 Å². The number of benzene rings is 3. The van der Waals surface area contributed by atoms with Crippen LogP contribution in [-0.4, -0.2) is 18.5 Å². The SMILES string of the molecule is CCOC(=O)c1ccc(NC(=O)/C(C#N)=C/c2ccc(OCc3ccc(Cl)cc3Cl)c(Br)c2)cc1. The molecule has 0 radical (unpaired) electrons. The monoisotopic (exact) mass is 572 g/mol. The van der Waals surface area contributed by atoms with Gasteiger partial charge in [-0.25, -0.2) is 4.79 Å². The number of anilines is 1. The Morgan fingerprint density at radius 1 is 1.09 bits per heavy atom. The van der Waals surface area contributed by atoms with Gasteiger partial charge in [0.1, 0.15) is 24.0 Å². The van der Waals surface area contributed by atoms with Gasteiger partial charge >= 0.3 is 5.97 Å². The van der Waals surface area contributed by atoms with Gasteiger partial charge in [-0.2, -0.15) is 5.26 Å². The van der Waals surface area contributed by atoms with Crippen molar-refractivity contribution < 1.29 is 19.1 Å². The predicted octanol–water partition coefficient (Wildman–Crippen LogP) is 7.06. The molecule has 0 atom stereocenters. The molecule has 0 spiro atoms. The van der Waals surface area contributed by atoms with E-state index in [4.69, 9.17) is 32.7 Å². The maximum absolute atomic E-state index is 12.6. The van der Waals surface area contributed by atoms with Crippen molar-refractivity contribution in [3.63, 3.8) is 0 Å². The first kappa shape index (κ1) is 26.3. The smallest absolute Gasteiger partial charge is 0.338 e. The second-order valence-electron chi connectivity index (χ2n) is 7.14. The molecule has 3 aromatic rings. The van der Waals surface area contributed by atoms with E-state index in [1.807, 2.05) is 6.07 Å². The number of ether oxygens (including phenoxy) is 2. The van der Waals surface area contributed by atoms with Crippen molar-refractivity contribution in [2.24, 2.45) is 0 Å². The zero-order valence-corrected chi connectivity index (χ0v) is 21.6. The Balaban J connectivity index is 1.67. The molecular weight excluding hydrogens is 555 g/mol. The summed E-state index contributed by atoms with van der Waals surface area (Å²) in [4.78, 5) is 24.3. The highest BCUT2D eigenvalue weighted by Gasteiger charge is 2.12. The molecule has 3 rings (SSSR count). The Bertz CT molecular complexity index is 1320. The largest absolute Gasteiger partial charge is 0.488 e. The minimum absolute atomic E-state index is 0.0898. The summed E-state index contributed by atoms with van der Waals surface area (Å²) in [5, 5.41) is 13.2. The molecule has 9 heteroatoms. The topological polar surface area (TPSA) is 88.4 Å². The maximum Gasteiger partial charge on any atom is 0.338 e. The van der Waals surface area contributed by atoms with E-state index in [1.165, 1.54) is 18.2 Å². The number of carbonyl (C=O) groups is 2. The fourth-order valence-corrected chi connectivity index (χ4v) is 3.91. The molecule has 0 heterocycles. The average Bonchev–Trinajstić information content (AvgIpc) is 2.83. The van der Waals surface area contributed by atoms with Crippen molar-refractivity contribution in [1.82, 2.24) is 0 Å². The van der Waals surface area contributed by atoms with Crippen LogP contribution in [0.2, 0.25) is 10.0 Å². The number of nitriles is 1. The van der Waals surface area contributed by atoms with E-state index in [2.05, 4.69) is 21.2 Å². The minimum Gasteiger partial charge on any atom is -0.488 e. The van der Waals surface area contributed by atoms with Crippen LogP contribution >= 0.6 is 39.1 Å². The van der Waals surface area contributed by atoms with Crippen LogP contribution in [0.1, 0.15) is 28.4 Å². The lowest BCUT2D eigenvalue weighted by Gasteiger charge is -2.10. The van der Waals surface area contributed by atoms with E-state index in [-0.39, 0.29) is 18.8 Å². The summed E-state index contributed by atoms with van der Waals surface area (Å²) in [6, 6.07) is 18.5. The molecule has 6 nitrogen and oxygen atoms in total. The first-order valence-electron chi connectivity index (χ1n) is 10.4. The summed E-state index contributed by atoms with van der Waals surface area (Å²) in [6.07, 6.45) is 1.47. The molecule has 178 valence electrons. The number of hydrogen-bond acceptors (Lipinski definition) is 5. The van der Waals surface area contributed by atoms with Crippen LogP contribution < -0.4 is 10.1 Å². The van der Waals surface area contributed by atoms with Crippen LogP contribution in [0.3, 0.4) is 0 Å². The number of esters is 1. The molecule has 0 saturated heterocycles. The van der Waals surface area contributed by atoms with Crippen molar-refractivity contribution >= 4 is 62.8 Å². The first-order chi connectivity index (χ1) is 16.8. The van der Waals surface area contributed by atoms with Crippen LogP contribution in [0.25, 0.3) is 6.08 Å². The molecule has 0 aliphatic heterocycles. The Kier molecular flexibility index (Phi) is 9.32. The Hall–Kier alpha value is -3.31. The summed E-state index contributed by atoms with van der Waals surface area (Å²) >= 11 is 15.6. The summed E-state index contributed by atoms with van der Waals surface area (Å²) in [5.74, 6) is -0.458. The van der Waals surface area contributed by atoms with Crippen molar-refractivity contribution in [3.05, 3.63) is 97.4 Å². The summed E-state index contributed by atoms with van der Waals surface area (Å²) < 4.78 is 11.4. The van der Waals surface area contributed by atoms with Gasteiger partial charge in [0.05, 0.1) is 16.6 Å². The van der Waals surface area contributed by atoms with E-state index >= 15 is 0 Å². The van der Waals surface area contributed by atoms with Gasteiger partial charge in [-0.1, -0.05) is 35.3 Å². The highest BCUT2D eigenvalue weighted by molar-refractivity contribution is 9.10. The van der Waals surface area contributed by atoms with Crippen LogP contribution in [0, 0.1) is 11.3 Å². The molecule has 0 aliphatic carbocycles. The van der Waals surface area contributed by atoms with Crippen molar-refractivity contribution in [1.29, 1.82) is 5.26 Å². The summed E-state index contributed by atoms with van der Waals surface area (Å²) in [6.45, 7) is 2.23. The minimum atomic E-state index is -0.579. The van der Waals surface area contributed by atoms with Crippen LogP contribution in [0.4, 0.5) is 5.69 Å². The molecule has 3 aromatic carbocycles. The Morgan fingerprint density at radius 2 is 1.83 bits per heavy atom. The maximum atomic E-state index is 12.6. The van der Waals surface area contributed by atoms with Gasteiger partial charge < -0.3 is 14.8 Å². The molecular formula is C26H19BrCl2N2O4. The molecule has 0 saturated carbocycles. The van der Waals surface area contributed by atoms with Gasteiger partial charge in [0.2, 0.25) is 0 Å². The zero-order chi connectivity index (χ0) is 25.4. The first-order valence-corrected chi connectivity index (χ1v) is 11.9. The summed E-state index contributed by atoms with van der Waals surface area (Å²) in [5.41, 5.74) is 2.12. The Labute approximate surface area is 221 Å². The van der Waals surface area contributed by atoms with E-state index < -0.39 is 11.9 Å². The number of rotatable bonds is 8. The van der Waals surface area contributed by atoms with Gasteiger partial charge in [0.15, 0.2) is 0 Å². The molecule has 0 unspecified atom stereocenters. The Morgan fingerprint density at radius 3 is 2.46 bits per heavy atom. The van der Waals surface area contributed by atoms with E-state index in [0.717, 1.165) is 5.56 Å². The number of hydrogen-bond donors (Lipinski definition) is 1. The van der Waals surface area contributed by atoms with Gasteiger partial charge in [-0.15, -0.1) is 0 Å². The third kappa shape index (κ3) is 7.33. The number of nitrogens with one attached hydrogen (secondary N) is 1. The molecule has 0 bridgehead atoms. The van der Waals surface area contributed by atoms with Crippen molar-refractivity contribution in [3.8, 4) is 11.8 Å². The number of carbonyl (C=O) groups excluding carboxylic acids is 2. The van der Waals surface area contributed by atoms with Gasteiger partial charge in [-0.05, 0) is 83.0 Å². The standard InChI is InChI=1S/C26H19BrCl2N2O4/c1-2-34-26(33)17-5-8-21(9-6-17)31-25(32)19(14-30)11-16-3-10-24(22(27)12-16)35-15-18-4-7-20(28)13-23(18)29/h3-13H,2,15H2,1H3,(H,31,32)/b19-11+. The highest BCUT2D eigenvalue weighted by atomic mass is 79.9. The number of nitrogens with zero attached hydrogens (tertiary/aromatic N) is 1. The number of amides is 1. The lowest BCUT2D eigenvalue weighted by atomic mass is 10.1. The van der Waals surface area contributed by atoms with Crippen molar-refractivity contribution in [2.75, 3.05) is 11.9 Å². The molecule has 1 N–H and O–H groups in total. The van der Waals surface area contributed by atoms with Gasteiger partial charge in [-0.3, -0.25) is 4.79 Å². The highest BCUT2D eigenvalue weighted by Crippen LogP contribution is 2.29. The van der Waals surface area contributed by atoms with Crippen LogP contribution in [0.5, 0.6) is 5.75 Å². The lowest BCUT2D eigenvalue weighted by molar-refractivity contribution is -0.112. The number of halogens is 3. The van der Waals surface area contributed by atoms with Gasteiger partial charge in [0.25, 0.3) is 5.91 Å². The fourth-order valence-electron chi connectivity index (χ4n) is 2.94. The molecule has 0 aliphatic rings. The molecule has 35 heavy (non-hydrogen) atoms. The van der Waals surface area contributed by atoms with E-state index in [0.29, 0.717) is 37.1 Å². The third-order valence-electron chi connectivity index (χ3n) is 4.68. The van der Waals surface area contributed by atoms with E-state index in [1.54, 1.807) is 55.5 Å². The zero-order valence-electron chi connectivity index (χ0n) is 18.5. The summed E-state index contributed by atoms with van der Waals surface area (Å²) in [7, 11) is 0. The fraction of sp³-hybridized carbons (Fsp3) is 0.115. The quantitative estimate of drug-likeness (QED) is 0.177. The second kappa shape index (κ2) is 12.4. The lowest BCUT2D eigenvalue weighted by Crippen LogP contribution is -2.13. The molecule has 0 aromatic heterocycles. The second-order valence-corrected chi connectivity index (χ2v) is 8.83.